The van der Waals surface area contributed by atoms with Gasteiger partial charge in [0.25, 0.3) is 5.91 Å². The van der Waals surface area contributed by atoms with Crippen LogP contribution in [-0.2, 0) is 23.1 Å². The smallest absolute Gasteiger partial charge is 0.254 e. The lowest BCUT2D eigenvalue weighted by Crippen LogP contribution is -2.32. The van der Waals surface area contributed by atoms with E-state index in [2.05, 4.69) is 0 Å². The van der Waals surface area contributed by atoms with E-state index < -0.39 is 10.0 Å². The molecule has 0 saturated carbocycles. The van der Waals surface area contributed by atoms with Crippen molar-refractivity contribution < 1.29 is 17.6 Å². The third-order valence-electron chi connectivity index (χ3n) is 4.93. The number of furan rings is 1. The molecule has 1 heterocycles. The molecule has 0 radical (unpaired) electrons. The van der Waals surface area contributed by atoms with Crippen LogP contribution in [0.15, 0.2) is 76.2 Å². The van der Waals surface area contributed by atoms with E-state index in [1.54, 1.807) is 43.2 Å². The number of hydrogen-bond donors (Lipinski definition) is 0. The van der Waals surface area contributed by atoms with E-state index in [0.29, 0.717) is 25.4 Å². The molecule has 1 aromatic heterocycles. The molecule has 0 atom stereocenters. The van der Waals surface area contributed by atoms with Gasteiger partial charge in [-0.15, -0.1) is 0 Å². The zero-order valence-corrected chi connectivity index (χ0v) is 19.1. The number of benzene rings is 2. The van der Waals surface area contributed by atoms with Crippen molar-refractivity contribution in [3.05, 3.63) is 88.8 Å². The summed E-state index contributed by atoms with van der Waals surface area (Å²) in [5.41, 5.74) is 1.20. The Hall–Kier alpha value is -2.61. The molecule has 0 saturated heterocycles. The van der Waals surface area contributed by atoms with Crippen LogP contribution in [0.25, 0.3) is 0 Å². The lowest BCUT2D eigenvalue weighted by atomic mass is 10.1. The van der Waals surface area contributed by atoms with Crippen LogP contribution in [0.2, 0.25) is 5.02 Å². The molecule has 0 fully saturated rings. The second kappa shape index (κ2) is 10.1. The summed E-state index contributed by atoms with van der Waals surface area (Å²) in [4.78, 5) is 15.0. The van der Waals surface area contributed by atoms with Crippen LogP contribution < -0.4 is 0 Å². The molecule has 8 heteroatoms. The first-order valence-corrected chi connectivity index (χ1v) is 11.8. The fourth-order valence-corrected chi connectivity index (χ4v) is 5.27. The second-order valence-corrected chi connectivity index (χ2v) is 9.27. The Bertz CT molecular complexity index is 1110. The average molecular weight is 461 g/mol. The minimum atomic E-state index is -3.81. The number of carbonyl (C=O) groups excluding carboxylic acids is 1. The van der Waals surface area contributed by atoms with Crippen LogP contribution in [0.3, 0.4) is 0 Å². The monoisotopic (exact) mass is 460 g/mol. The number of amides is 1. The SMILES string of the molecule is CCN(CC)S(=O)(=O)c1cc(C(=O)N(Cc2ccccc2)Cc2ccco2)ccc1Cl. The molecule has 0 aliphatic heterocycles. The second-order valence-electron chi connectivity index (χ2n) is 6.96. The zero-order chi connectivity index (χ0) is 22.4. The molecule has 1 amide bonds. The number of sulfonamides is 1. The molecular formula is C23H25ClN2O4S. The van der Waals surface area contributed by atoms with E-state index in [4.69, 9.17) is 16.0 Å². The molecule has 0 aliphatic rings. The van der Waals surface area contributed by atoms with Gasteiger partial charge < -0.3 is 9.32 Å². The van der Waals surface area contributed by atoms with Crippen LogP contribution >= 0.6 is 11.6 Å². The van der Waals surface area contributed by atoms with Crippen LogP contribution in [0.5, 0.6) is 0 Å². The van der Waals surface area contributed by atoms with Gasteiger partial charge in [-0.05, 0) is 35.9 Å². The van der Waals surface area contributed by atoms with Crippen molar-refractivity contribution in [1.82, 2.24) is 9.21 Å². The Morgan fingerprint density at radius 3 is 2.29 bits per heavy atom. The minimum absolute atomic E-state index is 0.0682. The van der Waals surface area contributed by atoms with E-state index in [1.807, 2.05) is 30.3 Å². The molecule has 3 aromatic rings. The van der Waals surface area contributed by atoms with Gasteiger partial charge in [0.05, 0.1) is 17.8 Å². The summed E-state index contributed by atoms with van der Waals surface area (Å²) < 4.78 is 32.8. The first-order chi connectivity index (χ1) is 14.9. The molecule has 0 N–H and O–H groups in total. The maximum Gasteiger partial charge on any atom is 0.254 e. The average Bonchev–Trinajstić information content (AvgIpc) is 3.27. The van der Waals surface area contributed by atoms with Gasteiger partial charge in [-0.3, -0.25) is 4.79 Å². The van der Waals surface area contributed by atoms with Crippen LogP contribution in [0.4, 0.5) is 0 Å². The maximum absolute atomic E-state index is 13.4. The summed E-state index contributed by atoms with van der Waals surface area (Å²) in [6.45, 7) is 4.74. The normalized spacial score (nSPS) is 11.6. The van der Waals surface area contributed by atoms with E-state index in [9.17, 15) is 13.2 Å². The molecular weight excluding hydrogens is 436 g/mol. The van der Waals surface area contributed by atoms with Gasteiger partial charge in [0.2, 0.25) is 10.0 Å². The first-order valence-electron chi connectivity index (χ1n) is 10.0. The topological polar surface area (TPSA) is 70.8 Å². The molecule has 0 bridgehead atoms. The Balaban J connectivity index is 1.97. The summed E-state index contributed by atoms with van der Waals surface area (Å²) >= 11 is 6.22. The lowest BCUT2D eigenvalue weighted by Gasteiger charge is -2.23. The van der Waals surface area contributed by atoms with Gasteiger partial charge in [0.1, 0.15) is 10.7 Å². The van der Waals surface area contributed by atoms with Crippen molar-refractivity contribution in [2.24, 2.45) is 0 Å². The molecule has 0 spiro atoms. The number of halogens is 1. The standard InChI is InChI=1S/C23H25ClN2O4S/c1-3-26(4-2)31(28,29)22-15-19(12-13-21(22)24)23(27)25(17-20-11-8-14-30-20)16-18-9-6-5-7-10-18/h5-15H,3-4,16-17H2,1-2H3. The summed E-state index contributed by atoms with van der Waals surface area (Å²) in [7, 11) is -3.81. The summed E-state index contributed by atoms with van der Waals surface area (Å²) in [6.07, 6.45) is 1.55. The van der Waals surface area contributed by atoms with E-state index >= 15 is 0 Å². The molecule has 164 valence electrons. The van der Waals surface area contributed by atoms with Crippen molar-refractivity contribution in [3.8, 4) is 0 Å². The lowest BCUT2D eigenvalue weighted by molar-refractivity contribution is 0.0717. The fourth-order valence-electron chi connectivity index (χ4n) is 3.31. The van der Waals surface area contributed by atoms with E-state index in [0.717, 1.165) is 5.56 Å². The minimum Gasteiger partial charge on any atom is -0.467 e. The molecule has 6 nitrogen and oxygen atoms in total. The first kappa shape index (κ1) is 23.1. The maximum atomic E-state index is 13.4. The summed E-state index contributed by atoms with van der Waals surface area (Å²) in [6, 6.07) is 17.5. The highest BCUT2D eigenvalue weighted by Gasteiger charge is 2.27. The predicted octanol–water partition coefficient (Wildman–Crippen LogP) is 4.81. The van der Waals surface area contributed by atoms with Crippen molar-refractivity contribution >= 4 is 27.5 Å². The predicted molar refractivity (Wildman–Crippen MR) is 120 cm³/mol. The fraction of sp³-hybridized carbons (Fsp3) is 0.261. The zero-order valence-electron chi connectivity index (χ0n) is 17.5. The quantitative estimate of drug-likeness (QED) is 0.459. The number of carbonyl (C=O) groups is 1. The highest BCUT2D eigenvalue weighted by Crippen LogP contribution is 2.27. The van der Waals surface area contributed by atoms with Crippen molar-refractivity contribution in [2.45, 2.75) is 31.8 Å². The van der Waals surface area contributed by atoms with Gasteiger partial charge in [0, 0.05) is 25.2 Å². The van der Waals surface area contributed by atoms with Gasteiger partial charge >= 0.3 is 0 Å². The summed E-state index contributed by atoms with van der Waals surface area (Å²) in [5.74, 6) is 0.321. The van der Waals surface area contributed by atoms with E-state index in [1.165, 1.54) is 16.4 Å². The third kappa shape index (κ3) is 5.36. The third-order valence-corrected chi connectivity index (χ3v) is 7.46. The Kier molecular flexibility index (Phi) is 7.54. The van der Waals surface area contributed by atoms with Crippen LogP contribution in [0.1, 0.15) is 35.5 Å². The van der Waals surface area contributed by atoms with Crippen molar-refractivity contribution in [3.63, 3.8) is 0 Å². The molecule has 3 rings (SSSR count). The van der Waals surface area contributed by atoms with Crippen molar-refractivity contribution in [1.29, 1.82) is 0 Å². The van der Waals surface area contributed by atoms with Crippen LogP contribution in [0, 0.1) is 0 Å². The Labute approximate surface area is 188 Å². The van der Waals surface area contributed by atoms with E-state index in [-0.39, 0.29) is 27.9 Å². The number of nitrogens with zero attached hydrogens (tertiary/aromatic N) is 2. The van der Waals surface area contributed by atoms with Crippen LogP contribution in [-0.4, -0.2) is 36.6 Å². The van der Waals surface area contributed by atoms with Gasteiger partial charge in [-0.25, -0.2) is 8.42 Å². The highest BCUT2D eigenvalue weighted by atomic mass is 35.5. The molecule has 0 aliphatic carbocycles. The van der Waals surface area contributed by atoms with Crippen molar-refractivity contribution in [2.75, 3.05) is 13.1 Å². The highest BCUT2D eigenvalue weighted by molar-refractivity contribution is 7.89. The van der Waals surface area contributed by atoms with Gasteiger partial charge in [-0.1, -0.05) is 55.8 Å². The number of rotatable bonds is 9. The molecule has 2 aromatic carbocycles. The van der Waals surface area contributed by atoms with Gasteiger partial charge in [-0.2, -0.15) is 4.31 Å². The molecule has 31 heavy (non-hydrogen) atoms. The Morgan fingerprint density at radius 1 is 0.968 bits per heavy atom. The largest absolute Gasteiger partial charge is 0.467 e. The summed E-state index contributed by atoms with van der Waals surface area (Å²) in [5, 5.41) is 0.0871. The number of hydrogen-bond acceptors (Lipinski definition) is 4. The Morgan fingerprint density at radius 2 is 1.68 bits per heavy atom. The molecule has 0 unspecified atom stereocenters. The van der Waals surface area contributed by atoms with Gasteiger partial charge in [0.15, 0.2) is 0 Å².